The first-order valence-corrected chi connectivity index (χ1v) is 5.03. The van der Waals surface area contributed by atoms with Gasteiger partial charge in [0.2, 0.25) is 0 Å². The third-order valence-corrected chi connectivity index (χ3v) is 2.52. The van der Waals surface area contributed by atoms with Gasteiger partial charge >= 0.3 is 0 Å². The lowest BCUT2D eigenvalue weighted by Crippen LogP contribution is -2.11. The van der Waals surface area contributed by atoms with Crippen molar-refractivity contribution in [2.45, 2.75) is 26.2 Å². The first-order valence-electron chi connectivity index (χ1n) is 5.03. The Bertz CT molecular complexity index is 497. The number of fused-ring (bicyclic) bond motifs is 1. The van der Waals surface area contributed by atoms with Gasteiger partial charge < -0.3 is 0 Å². The number of benzene rings is 1. The second-order valence-electron chi connectivity index (χ2n) is 4.78. The van der Waals surface area contributed by atoms with Crippen LogP contribution in [0.15, 0.2) is 30.5 Å². The molecule has 1 aromatic heterocycles. The fraction of sp³-hybridized carbons (Fsp3) is 0.308. The average Bonchev–Trinajstić information content (AvgIpc) is 2.16. The second-order valence-corrected chi connectivity index (χ2v) is 4.78. The number of pyridine rings is 1. The van der Waals surface area contributed by atoms with Gasteiger partial charge in [0.15, 0.2) is 0 Å². The van der Waals surface area contributed by atoms with Crippen molar-refractivity contribution in [3.63, 3.8) is 0 Å². The highest BCUT2D eigenvalue weighted by atomic mass is 19.1. The van der Waals surface area contributed by atoms with E-state index in [0.29, 0.717) is 5.52 Å². The molecule has 2 aromatic rings. The van der Waals surface area contributed by atoms with Crippen molar-refractivity contribution in [2.75, 3.05) is 0 Å². The smallest absolute Gasteiger partial charge is 0.149 e. The van der Waals surface area contributed by atoms with Crippen molar-refractivity contribution < 1.29 is 4.39 Å². The third-order valence-electron chi connectivity index (χ3n) is 2.52. The van der Waals surface area contributed by atoms with Gasteiger partial charge in [0.05, 0.1) is 0 Å². The molecule has 0 bridgehead atoms. The van der Waals surface area contributed by atoms with Crippen LogP contribution in [0.4, 0.5) is 4.39 Å². The van der Waals surface area contributed by atoms with Gasteiger partial charge in [-0.05, 0) is 29.2 Å². The van der Waals surface area contributed by atoms with E-state index in [4.69, 9.17) is 0 Å². The second kappa shape index (κ2) is 3.30. The fourth-order valence-electron chi connectivity index (χ4n) is 1.58. The molecule has 0 aliphatic carbocycles. The maximum absolute atomic E-state index is 13.7. The van der Waals surface area contributed by atoms with E-state index >= 15 is 0 Å². The Morgan fingerprint density at radius 3 is 2.60 bits per heavy atom. The van der Waals surface area contributed by atoms with Crippen molar-refractivity contribution in [3.05, 3.63) is 41.8 Å². The Labute approximate surface area is 89.0 Å². The number of nitrogens with zero attached hydrogens (tertiary/aromatic N) is 1. The van der Waals surface area contributed by atoms with E-state index in [-0.39, 0.29) is 11.2 Å². The van der Waals surface area contributed by atoms with Crippen LogP contribution in [0.25, 0.3) is 10.9 Å². The van der Waals surface area contributed by atoms with E-state index in [2.05, 4.69) is 25.8 Å². The molecule has 15 heavy (non-hydrogen) atoms. The van der Waals surface area contributed by atoms with Gasteiger partial charge in [-0.3, -0.25) is 4.98 Å². The van der Waals surface area contributed by atoms with Gasteiger partial charge in [0.25, 0.3) is 0 Å². The molecule has 1 aromatic carbocycles. The van der Waals surface area contributed by atoms with Crippen LogP contribution in [0.5, 0.6) is 0 Å². The summed E-state index contributed by atoms with van der Waals surface area (Å²) in [6.07, 6.45) is 1.61. The summed E-state index contributed by atoms with van der Waals surface area (Å²) < 4.78 is 13.7. The van der Waals surface area contributed by atoms with Gasteiger partial charge in [-0.2, -0.15) is 0 Å². The van der Waals surface area contributed by atoms with Crippen molar-refractivity contribution in [1.29, 1.82) is 0 Å². The van der Waals surface area contributed by atoms with Crippen molar-refractivity contribution in [3.8, 4) is 0 Å². The minimum Gasteiger partial charge on any atom is -0.253 e. The zero-order valence-electron chi connectivity index (χ0n) is 9.21. The lowest BCUT2D eigenvalue weighted by Gasteiger charge is -2.19. The number of hydrogen-bond acceptors (Lipinski definition) is 1. The van der Waals surface area contributed by atoms with Crippen LogP contribution in [0.1, 0.15) is 26.3 Å². The standard InChI is InChI=1S/C13H14FN/c1-13(2,3)10-7-9-5-4-6-15-12(9)11(14)8-10/h4-8H,1-3H3. The predicted molar refractivity (Wildman–Crippen MR) is 60.4 cm³/mol. The van der Waals surface area contributed by atoms with Crippen LogP contribution >= 0.6 is 0 Å². The topological polar surface area (TPSA) is 12.9 Å². The molecular formula is C13H14FN. The Kier molecular flexibility index (Phi) is 2.22. The summed E-state index contributed by atoms with van der Waals surface area (Å²) >= 11 is 0. The summed E-state index contributed by atoms with van der Waals surface area (Å²) in [7, 11) is 0. The normalized spacial score (nSPS) is 12.0. The van der Waals surface area contributed by atoms with Gasteiger partial charge in [0, 0.05) is 11.6 Å². The lowest BCUT2D eigenvalue weighted by molar-refractivity contribution is 0.576. The maximum Gasteiger partial charge on any atom is 0.149 e. The molecule has 0 N–H and O–H groups in total. The van der Waals surface area contributed by atoms with E-state index in [1.807, 2.05) is 18.2 Å². The number of halogens is 1. The molecule has 0 atom stereocenters. The van der Waals surface area contributed by atoms with E-state index in [1.54, 1.807) is 12.3 Å². The summed E-state index contributed by atoms with van der Waals surface area (Å²) in [6, 6.07) is 7.30. The number of hydrogen-bond donors (Lipinski definition) is 0. The predicted octanol–water partition coefficient (Wildman–Crippen LogP) is 3.67. The molecule has 2 rings (SSSR count). The molecule has 0 saturated heterocycles. The Morgan fingerprint density at radius 2 is 1.93 bits per heavy atom. The molecule has 0 unspecified atom stereocenters. The molecule has 0 radical (unpaired) electrons. The third kappa shape index (κ3) is 1.84. The van der Waals surface area contributed by atoms with Gasteiger partial charge in [-0.1, -0.05) is 26.8 Å². The van der Waals surface area contributed by atoms with Crippen LogP contribution < -0.4 is 0 Å². The first kappa shape index (κ1) is 10.1. The molecular weight excluding hydrogens is 189 g/mol. The monoisotopic (exact) mass is 203 g/mol. The van der Waals surface area contributed by atoms with Gasteiger partial charge in [0.1, 0.15) is 11.3 Å². The molecule has 1 heterocycles. The largest absolute Gasteiger partial charge is 0.253 e. The summed E-state index contributed by atoms with van der Waals surface area (Å²) in [5.74, 6) is -0.238. The molecule has 0 amide bonds. The lowest BCUT2D eigenvalue weighted by atomic mass is 9.86. The highest BCUT2D eigenvalue weighted by Crippen LogP contribution is 2.27. The first-order chi connectivity index (χ1) is 6.98. The van der Waals surface area contributed by atoms with Gasteiger partial charge in [-0.25, -0.2) is 4.39 Å². The van der Waals surface area contributed by atoms with E-state index in [0.717, 1.165) is 10.9 Å². The number of rotatable bonds is 0. The molecule has 2 heteroatoms. The van der Waals surface area contributed by atoms with Crippen molar-refractivity contribution in [1.82, 2.24) is 4.98 Å². The Hall–Kier alpha value is -1.44. The minimum absolute atomic E-state index is 0.0368. The highest BCUT2D eigenvalue weighted by Gasteiger charge is 2.16. The molecule has 78 valence electrons. The van der Waals surface area contributed by atoms with Crippen LogP contribution in [-0.2, 0) is 5.41 Å². The van der Waals surface area contributed by atoms with E-state index in [1.165, 1.54) is 0 Å². The minimum atomic E-state index is -0.238. The molecule has 1 nitrogen and oxygen atoms in total. The summed E-state index contributed by atoms with van der Waals surface area (Å²) in [5.41, 5.74) is 1.41. The molecule has 0 saturated carbocycles. The van der Waals surface area contributed by atoms with E-state index < -0.39 is 0 Å². The zero-order chi connectivity index (χ0) is 11.1. The van der Waals surface area contributed by atoms with Crippen LogP contribution in [0.3, 0.4) is 0 Å². The quantitative estimate of drug-likeness (QED) is 0.636. The summed E-state index contributed by atoms with van der Waals surface area (Å²) in [6.45, 7) is 6.22. The van der Waals surface area contributed by atoms with E-state index in [9.17, 15) is 4.39 Å². The number of aromatic nitrogens is 1. The Morgan fingerprint density at radius 1 is 1.20 bits per heavy atom. The molecule has 0 spiro atoms. The van der Waals surface area contributed by atoms with Crippen molar-refractivity contribution >= 4 is 10.9 Å². The highest BCUT2D eigenvalue weighted by molar-refractivity contribution is 5.79. The Balaban J connectivity index is 2.73. The van der Waals surface area contributed by atoms with Crippen LogP contribution in [-0.4, -0.2) is 4.98 Å². The molecule has 0 fully saturated rings. The molecule has 0 aliphatic heterocycles. The summed E-state index contributed by atoms with van der Waals surface area (Å²) in [5, 5.41) is 0.863. The zero-order valence-corrected chi connectivity index (χ0v) is 9.21. The van der Waals surface area contributed by atoms with Crippen LogP contribution in [0.2, 0.25) is 0 Å². The van der Waals surface area contributed by atoms with Gasteiger partial charge in [-0.15, -0.1) is 0 Å². The molecule has 0 aliphatic rings. The fourth-order valence-corrected chi connectivity index (χ4v) is 1.58. The average molecular weight is 203 g/mol. The maximum atomic E-state index is 13.7. The summed E-state index contributed by atoms with van der Waals surface area (Å²) in [4.78, 5) is 4.03. The van der Waals surface area contributed by atoms with Crippen LogP contribution in [0, 0.1) is 5.82 Å². The van der Waals surface area contributed by atoms with Crippen molar-refractivity contribution in [2.24, 2.45) is 0 Å². The SMILES string of the molecule is CC(C)(C)c1cc(F)c2ncccc2c1.